The molecular weight excluding hydrogens is 380 g/mol. The fraction of sp³-hybridized carbons (Fsp3) is 0.333. The zero-order valence-electron chi connectivity index (χ0n) is 10.5. The second kappa shape index (κ2) is 5.58. The van der Waals surface area contributed by atoms with Crippen molar-refractivity contribution < 1.29 is 9.18 Å². The Balaban J connectivity index is 2.43. The summed E-state index contributed by atoms with van der Waals surface area (Å²) in [5.41, 5.74) is 1.33. The van der Waals surface area contributed by atoms with Crippen LogP contribution in [0, 0.1) is 14.2 Å². The summed E-state index contributed by atoms with van der Waals surface area (Å²) in [6, 6.07) is 3.13. The van der Waals surface area contributed by atoms with E-state index in [1.807, 2.05) is 36.4 Å². The van der Waals surface area contributed by atoms with Gasteiger partial charge in [-0.25, -0.2) is 4.39 Å². The van der Waals surface area contributed by atoms with E-state index >= 15 is 0 Å². The summed E-state index contributed by atoms with van der Waals surface area (Å²) >= 11 is 7.09. The van der Waals surface area contributed by atoms with Crippen LogP contribution in [0.15, 0.2) is 12.1 Å². The van der Waals surface area contributed by atoms with Crippen molar-refractivity contribution in [1.82, 2.24) is 14.9 Å². The average Bonchev–Trinajstić information content (AvgIpc) is 2.56. The molecule has 0 fully saturated rings. The van der Waals surface area contributed by atoms with Gasteiger partial charge >= 0.3 is 0 Å². The van der Waals surface area contributed by atoms with Crippen LogP contribution >= 0.6 is 34.8 Å². The molecule has 2 aromatic rings. The van der Waals surface area contributed by atoms with E-state index in [4.69, 9.17) is 12.2 Å². The molecule has 0 unspecified atom stereocenters. The van der Waals surface area contributed by atoms with Gasteiger partial charge in [-0.1, -0.05) is 0 Å². The van der Waals surface area contributed by atoms with Crippen molar-refractivity contribution in [1.29, 1.82) is 0 Å². The number of hydrogen-bond donors (Lipinski definition) is 2. The Morgan fingerprint density at radius 3 is 2.89 bits per heavy atom. The van der Waals surface area contributed by atoms with E-state index in [0.717, 1.165) is 5.52 Å². The van der Waals surface area contributed by atoms with E-state index in [1.165, 1.54) is 6.07 Å². The molecule has 0 saturated carbocycles. The van der Waals surface area contributed by atoms with Gasteiger partial charge < -0.3 is 14.9 Å². The third-order valence-electron chi connectivity index (χ3n) is 2.57. The van der Waals surface area contributed by atoms with Gasteiger partial charge in [0.15, 0.2) is 4.77 Å². The van der Waals surface area contributed by atoms with Gasteiger partial charge in [-0.2, -0.15) is 0 Å². The first-order chi connectivity index (χ1) is 8.88. The predicted octanol–water partition coefficient (Wildman–Crippen LogP) is 2.97. The summed E-state index contributed by atoms with van der Waals surface area (Å²) in [4.78, 5) is 14.8. The molecule has 1 amide bonds. The van der Waals surface area contributed by atoms with Crippen LogP contribution < -0.4 is 5.32 Å². The minimum absolute atomic E-state index is 0.0598. The maximum Gasteiger partial charge on any atom is 0.240 e. The number of benzene rings is 1. The van der Waals surface area contributed by atoms with E-state index < -0.39 is 0 Å². The molecule has 0 radical (unpaired) electrons. The number of hydrogen-bond acceptors (Lipinski definition) is 2. The predicted molar refractivity (Wildman–Crippen MR) is 83.1 cm³/mol. The Morgan fingerprint density at radius 2 is 2.26 bits per heavy atom. The smallest absolute Gasteiger partial charge is 0.240 e. The average molecular weight is 393 g/mol. The summed E-state index contributed by atoms with van der Waals surface area (Å²) in [7, 11) is 0. The fourth-order valence-electron chi connectivity index (χ4n) is 1.82. The summed E-state index contributed by atoms with van der Waals surface area (Å²) in [5.74, 6) is -0.467. The summed E-state index contributed by atoms with van der Waals surface area (Å²) in [5, 5.41) is 2.78. The number of imidazole rings is 1. The number of aromatic nitrogens is 2. The summed E-state index contributed by atoms with van der Waals surface area (Å²) in [6.07, 6.45) is 0. The zero-order valence-corrected chi connectivity index (χ0v) is 13.4. The lowest BCUT2D eigenvalue weighted by Gasteiger charge is -2.09. The first-order valence-corrected chi connectivity index (χ1v) is 7.24. The van der Waals surface area contributed by atoms with Crippen LogP contribution in [0.4, 0.5) is 4.39 Å². The van der Waals surface area contributed by atoms with Crippen LogP contribution in [0.2, 0.25) is 0 Å². The van der Waals surface area contributed by atoms with Crippen LogP contribution in [0.25, 0.3) is 11.0 Å². The second-order valence-electron chi connectivity index (χ2n) is 4.52. The van der Waals surface area contributed by atoms with E-state index in [-0.39, 0.29) is 24.3 Å². The summed E-state index contributed by atoms with van der Waals surface area (Å²) in [6.45, 7) is 3.85. The van der Waals surface area contributed by atoms with Gasteiger partial charge in [0.1, 0.15) is 12.4 Å². The molecule has 1 aromatic heterocycles. The number of halogens is 2. The molecule has 2 rings (SSSR count). The Hall–Kier alpha value is -0.960. The lowest BCUT2D eigenvalue weighted by atomic mass is 10.3. The van der Waals surface area contributed by atoms with Gasteiger partial charge in [0.05, 0.1) is 14.6 Å². The number of carbonyl (C=O) groups excluding carboxylic acids is 1. The number of rotatable bonds is 3. The van der Waals surface area contributed by atoms with Crippen molar-refractivity contribution in [3.8, 4) is 0 Å². The Kier molecular flexibility index (Phi) is 4.24. The maximum atomic E-state index is 13.6. The van der Waals surface area contributed by atoms with Crippen LogP contribution in [-0.2, 0) is 11.3 Å². The lowest BCUT2D eigenvalue weighted by molar-refractivity contribution is -0.122. The van der Waals surface area contributed by atoms with Crippen LogP contribution in [0.1, 0.15) is 13.8 Å². The minimum Gasteiger partial charge on any atom is -0.352 e. The third kappa shape index (κ3) is 3.14. The highest BCUT2D eigenvalue weighted by molar-refractivity contribution is 14.1. The normalized spacial score (nSPS) is 11.2. The van der Waals surface area contributed by atoms with E-state index in [2.05, 4.69) is 10.3 Å². The molecule has 0 atom stereocenters. The molecule has 7 heteroatoms. The van der Waals surface area contributed by atoms with Gasteiger partial charge in [0.2, 0.25) is 5.91 Å². The van der Waals surface area contributed by atoms with Crippen molar-refractivity contribution in [2.45, 2.75) is 26.4 Å². The maximum absolute atomic E-state index is 13.6. The standard InChI is InChI=1S/C12H13FIN3OS/c1-6(2)15-11(18)5-17-10-3-7(13)8(14)4-9(10)16-12(17)19/h3-4,6H,5H2,1-2H3,(H,15,18)(H,16,19). The van der Waals surface area contributed by atoms with Crippen LogP contribution in [0.5, 0.6) is 0 Å². The second-order valence-corrected chi connectivity index (χ2v) is 6.07. The van der Waals surface area contributed by atoms with Crippen LogP contribution in [0.3, 0.4) is 0 Å². The molecule has 4 nitrogen and oxygen atoms in total. The van der Waals surface area contributed by atoms with Gasteiger partial charge in [-0.05, 0) is 54.7 Å². The van der Waals surface area contributed by atoms with Crippen molar-refractivity contribution in [2.24, 2.45) is 0 Å². The monoisotopic (exact) mass is 393 g/mol. The fourth-order valence-corrected chi connectivity index (χ4v) is 2.56. The molecule has 0 aliphatic heterocycles. The number of nitrogens with one attached hydrogen (secondary N) is 2. The zero-order chi connectivity index (χ0) is 14.2. The van der Waals surface area contributed by atoms with Gasteiger partial charge in [-0.15, -0.1) is 0 Å². The molecule has 102 valence electrons. The molecule has 0 aliphatic carbocycles. The first kappa shape index (κ1) is 14.4. The quantitative estimate of drug-likeness (QED) is 0.623. The summed E-state index contributed by atoms with van der Waals surface area (Å²) < 4.78 is 16.1. The van der Waals surface area contributed by atoms with E-state index in [1.54, 1.807) is 10.6 Å². The minimum atomic E-state index is -0.319. The largest absolute Gasteiger partial charge is 0.352 e. The van der Waals surface area contributed by atoms with Crippen molar-refractivity contribution in [3.63, 3.8) is 0 Å². The molecule has 2 N–H and O–H groups in total. The van der Waals surface area contributed by atoms with Crippen molar-refractivity contribution in [3.05, 3.63) is 26.3 Å². The number of carbonyl (C=O) groups is 1. The van der Waals surface area contributed by atoms with Crippen molar-refractivity contribution >= 4 is 51.7 Å². The van der Waals surface area contributed by atoms with Gasteiger partial charge in [0, 0.05) is 12.1 Å². The molecule has 1 heterocycles. The van der Waals surface area contributed by atoms with E-state index in [9.17, 15) is 9.18 Å². The van der Waals surface area contributed by atoms with Gasteiger partial charge in [-0.3, -0.25) is 4.79 Å². The topological polar surface area (TPSA) is 49.8 Å². The molecular formula is C12H13FIN3OS. The molecule has 0 bridgehead atoms. The lowest BCUT2D eigenvalue weighted by Crippen LogP contribution is -2.33. The highest BCUT2D eigenvalue weighted by atomic mass is 127. The first-order valence-electron chi connectivity index (χ1n) is 5.75. The highest BCUT2D eigenvalue weighted by Gasteiger charge is 2.12. The SMILES string of the molecule is CC(C)NC(=O)Cn1c(=S)[nH]c2cc(I)c(F)cc21. The number of amides is 1. The number of nitrogens with zero attached hydrogens (tertiary/aromatic N) is 1. The number of aromatic amines is 1. The molecule has 19 heavy (non-hydrogen) atoms. The Morgan fingerprint density at radius 1 is 1.58 bits per heavy atom. The Bertz CT molecular complexity index is 692. The van der Waals surface area contributed by atoms with Gasteiger partial charge in [0.25, 0.3) is 0 Å². The highest BCUT2D eigenvalue weighted by Crippen LogP contribution is 2.20. The third-order valence-corrected chi connectivity index (χ3v) is 3.72. The molecule has 0 spiro atoms. The van der Waals surface area contributed by atoms with Crippen molar-refractivity contribution in [2.75, 3.05) is 0 Å². The number of fused-ring (bicyclic) bond motifs is 1. The Labute approximate surface area is 128 Å². The molecule has 0 saturated heterocycles. The molecule has 1 aromatic carbocycles. The van der Waals surface area contributed by atoms with E-state index in [0.29, 0.717) is 13.9 Å². The van der Waals surface area contributed by atoms with Crippen LogP contribution in [-0.4, -0.2) is 21.5 Å². The number of H-pyrrole nitrogens is 1. The molecule has 0 aliphatic rings.